The number of hydrogen-bond acceptors (Lipinski definition) is 7. The summed E-state index contributed by atoms with van der Waals surface area (Å²) < 4.78 is 34.2. The Kier molecular flexibility index (Phi) is 8.32. The van der Waals surface area contributed by atoms with Gasteiger partial charge in [-0.2, -0.15) is 5.10 Å². The van der Waals surface area contributed by atoms with Crippen molar-refractivity contribution in [2.24, 2.45) is 5.10 Å². The molecule has 0 spiro atoms. The molecule has 0 fully saturated rings. The first-order valence-corrected chi connectivity index (χ1v) is 13.8. The molecular formula is C28H31N5O5S. The van der Waals surface area contributed by atoms with Gasteiger partial charge in [-0.25, -0.2) is 13.8 Å². The van der Waals surface area contributed by atoms with Gasteiger partial charge in [-0.1, -0.05) is 35.9 Å². The maximum absolute atomic E-state index is 13.7. The Morgan fingerprint density at radius 2 is 1.69 bits per heavy atom. The van der Waals surface area contributed by atoms with Gasteiger partial charge in [0.15, 0.2) is 5.71 Å². The van der Waals surface area contributed by atoms with Crippen LogP contribution in [0.1, 0.15) is 18.1 Å². The molecule has 0 aromatic heterocycles. The molecule has 0 radical (unpaired) electrons. The van der Waals surface area contributed by atoms with Crippen molar-refractivity contribution in [1.29, 1.82) is 0 Å². The second-order valence-corrected chi connectivity index (χ2v) is 11.3. The Bertz CT molecular complexity index is 1490. The molecule has 4 rings (SSSR count). The molecule has 1 aliphatic heterocycles. The number of aryl methyl sites for hydroxylation is 1. The van der Waals surface area contributed by atoms with Gasteiger partial charge < -0.3 is 15.0 Å². The van der Waals surface area contributed by atoms with E-state index in [1.54, 1.807) is 60.7 Å². The number of carbonyl (C=O) groups is 2. The fourth-order valence-corrected chi connectivity index (χ4v) is 5.15. The van der Waals surface area contributed by atoms with Crippen LogP contribution in [0.15, 0.2) is 82.8 Å². The Morgan fingerprint density at radius 1 is 1.03 bits per heavy atom. The number of fused-ring (bicyclic) bond motifs is 1. The van der Waals surface area contributed by atoms with Crippen molar-refractivity contribution >= 4 is 38.9 Å². The van der Waals surface area contributed by atoms with Crippen LogP contribution in [-0.2, 0) is 19.6 Å². The zero-order valence-corrected chi connectivity index (χ0v) is 23.0. The number of carbonyl (C=O) groups excluding carboxylic acids is 2. The summed E-state index contributed by atoms with van der Waals surface area (Å²) in [6, 6.07) is 20.0. The van der Waals surface area contributed by atoms with Crippen molar-refractivity contribution in [1.82, 2.24) is 10.3 Å². The van der Waals surface area contributed by atoms with Crippen LogP contribution in [0.25, 0.3) is 0 Å². The van der Waals surface area contributed by atoms with Crippen LogP contribution >= 0.6 is 0 Å². The van der Waals surface area contributed by atoms with E-state index in [0.717, 1.165) is 9.87 Å². The Labute approximate surface area is 228 Å². The van der Waals surface area contributed by atoms with Crippen LogP contribution in [0.5, 0.6) is 5.75 Å². The highest BCUT2D eigenvalue weighted by Gasteiger charge is 2.29. The summed E-state index contributed by atoms with van der Waals surface area (Å²) in [5, 5.41) is 6.66. The summed E-state index contributed by atoms with van der Waals surface area (Å²) in [5.41, 5.74) is 4.76. The first kappa shape index (κ1) is 27.8. The molecule has 39 heavy (non-hydrogen) atoms. The van der Waals surface area contributed by atoms with Gasteiger partial charge in [0.05, 0.1) is 16.3 Å². The average Bonchev–Trinajstić information content (AvgIpc) is 3.24. The second kappa shape index (κ2) is 11.7. The summed E-state index contributed by atoms with van der Waals surface area (Å²) in [6.07, 6.45) is 0. The van der Waals surface area contributed by atoms with Crippen molar-refractivity contribution in [2.45, 2.75) is 24.8 Å². The van der Waals surface area contributed by atoms with Crippen LogP contribution < -0.4 is 19.8 Å². The van der Waals surface area contributed by atoms with Crippen molar-refractivity contribution in [3.63, 3.8) is 0 Å². The number of ether oxygens (including phenoxy) is 1. The Morgan fingerprint density at radius 3 is 2.36 bits per heavy atom. The molecule has 3 aromatic rings. The standard InChI is InChI=1S/C28H31N5O5S/c1-19-9-11-21(12-10-19)33(17-26(34)30-31-27-24-7-5-6-8-25(24)29-28(27)35)39(36,37)23-15-13-22(14-16-23)38-18-20(2)32(3)4/h5-16,20H,17-18H2,1-4H3,(H,30,34)(H,29,31,35). The number of sulfonamides is 1. The van der Waals surface area contributed by atoms with E-state index < -0.39 is 28.4 Å². The van der Waals surface area contributed by atoms with E-state index in [1.807, 2.05) is 32.8 Å². The molecule has 3 aromatic carbocycles. The predicted octanol–water partition coefficient (Wildman–Crippen LogP) is 2.99. The van der Waals surface area contributed by atoms with E-state index in [9.17, 15) is 18.0 Å². The highest BCUT2D eigenvalue weighted by Crippen LogP contribution is 2.26. The number of anilines is 2. The third kappa shape index (κ3) is 6.44. The number of nitrogens with zero attached hydrogens (tertiary/aromatic N) is 3. The van der Waals surface area contributed by atoms with Gasteiger partial charge in [0, 0.05) is 11.6 Å². The van der Waals surface area contributed by atoms with Gasteiger partial charge >= 0.3 is 0 Å². The lowest BCUT2D eigenvalue weighted by atomic mass is 10.1. The number of para-hydroxylation sites is 1. The van der Waals surface area contributed by atoms with Gasteiger partial charge in [0.2, 0.25) is 0 Å². The highest BCUT2D eigenvalue weighted by molar-refractivity contribution is 7.92. The summed E-state index contributed by atoms with van der Waals surface area (Å²) in [5.74, 6) is -0.628. The molecule has 1 atom stereocenters. The average molecular weight is 550 g/mol. The van der Waals surface area contributed by atoms with Gasteiger partial charge in [-0.05, 0) is 70.4 Å². The number of hydrazone groups is 1. The lowest BCUT2D eigenvalue weighted by Gasteiger charge is -2.24. The quantitative estimate of drug-likeness (QED) is 0.375. The predicted molar refractivity (Wildman–Crippen MR) is 151 cm³/mol. The highest BCUT2D eigenvalue weighted by atomic mass is 32.2. The van der Waals surface area contributed by atoms with Gasteiger partial charge in [0.25, 0.3) is 21.8 Å². The number of hydrogen-bond donors (Lipinski definition) is 2. The normalized spacial score (nSPS) is 14.6. The Hall–Kier alpha value is -4.22. The number of nitrogens with one attached hydrogen (secondary N) is 2. The molecule has 2 amide bonds. The summed E-state index contributed by atoms with van der Waals surface area (Å²) in [6.45, 7) is 3.79. The van der Waals surface area contributed by atoms with E-state index in [4.69, 9.17) is 4.74 Å². The van der Waals surface area contributed by atoms with Crippen LogP contribution in [-0.4, -0.2) is 64.1 Å². The number of likely N-dealkylation sites (N-methyl/N-ethyl adjacent to an activating group) is 1. The minimum absolute atomic E-state index is 0.000653. The van der Waals surface area contributed by atoms with Gasteiger partial charge in [0.1, 0.15) is 18.9 Å². The molecular weight excluding hydrogens is 518 g/mol. The van der Waals surface area contributed by atoms with Gasteiger partial charge in [-0.3, -0.25) is 13.9 Å². The van der Waals surface area contributed by atoms with Crippen molar-refractivity contribution < 1.29 is 22.7 Å². The first-order chi connectivity index (χ1) is 18.6. The molecule has 11 heteroatoms. The summed E-state index contributed by atoms with van der Waals surface area (Å²) >= 11 is 0. The van der Waals surface area contributed by atoms with E-state index in [2.05, 4.69) is 15.8 Å². The molecule has 1 heterocycles. The minimum atomic E-state index is -4.14. The van der Waals surface area contributed by atoms with Crippen LogP contribution in [0.4, 0.5) is 11.4 Å². The molecule has 0 saturated carbocycles. The van der Waals surface area contributed by atoms with E-state index in [-0.39, 0.29) is 16.6 Å². The lowest BCUT2D eigenvalue weighted by molar-refractivity contribution is -0.119. The van der Waals surface area contributed by atoms with Crippen molar-refractivity contribution in [3.8, 4) is 5.75 Å². The van der Waals surface area contributed by atoms with Crippen LogP contribution in [0.2, 0.25) is 0 Å². The zero-order chi connectivity index (χ0) is 28.2. The van der Waals surface area contributed by atoms with Crippen LogP contribution in [0.3, 0.4) is 0 Å². The Balaban J connectivity index is 1.55. The number of benzene rings is 3. The van der Waals surface area contributed by atoms with Crippen molar-refractivity contribution in [3.05, 3.63) is 83.9 Å². The molecule has 0 bridgehead atoms. The first-order valence-electron chi connectivity index (χ1n) is 12.3. The third-order valence-corrected chi connectivity index (χ3v) is 8.12. The monoisotopic (exact) mass is 549 g/mol. The van der Waals surface area contributed by atoms with E-state index >= 15 is 0 Å². The van der Waals surface area contributed by atoms with Crippen LogP contribution in [0, 0.1) is 6.92 Å². The molecule has 1 unspecified atom stereocenters. The fraction of sp³-hybridized carbons (Fsp3) is 0.250. The van der Waals surface area contributed by atoms with E-state index in [1.165, 1.54) is 12.1 Å². The second-order valence-electron chi connectivity index (χ2n) is 9.44. The molecule has 0 saturated heterocycles. The minimum Gasteiger partial charge on any atom is -0.492 e. The fourth-order valence-electron chi connectivity index (χ4n) is 3.72. The molecule has 2 N–H and O–H groups in total. The maximum Gasteiger partial charge on any atom is 0.276 e. The SMILES string of the molecule is Cc1ccc(N(CC(=O)N/N=C2\C(=O)Nc3ccccc32)S(=O)(=O)c2ccc(OCC(C)N(C)C)cc2)cc1. The van der Waals surface area contributed by atoms with Crippen molar-refractivity contribution in [2.75, 3.05) is 36.9 Å². The summed E-state index contributed by atoms with van der Waals surface area (Å²) in [4.78, 5) is 27.2. The van der Waals surface area contributed by atoms with Gasteiger partial charge in [-0.15, -0.1) is 0 Å². The topological polar surface area (TPSA) is 120 Å². The number of amides is 2. The smallest absolute Gasteiger partial charge is 0.276 e. The molecule has 10 nitrogen and oxygen atoms in total. The van der Waals surface area contributed by atoms with E-state index in [0.29, 0.717) is 29.3 Å². The third-order valence-electron chi connectivity index (χ3n) is 6.33. The lowest BCUT2D eigenvalue weighted by Crippen LogP contribution is -2.40. The summed E-state index contributed by atoms with van der Waals surface area (Å²) in [7, 11) is -0.237. The molecule has 0 aliphatic carbocycles. The zero-order valence-electron chi connectivity index (χ0n) is 22.2. The molecule has 204 valence electrons. The maximum atomic E-state index is 13.7. The number of rotatable bonds is 10. The molecule has 1 aliphatic rings. The largest absolute Gasteiger partial charge is 0.492 e.